The Morgan fingerprint density at radius 1 is 1.02 bits per heavy atom. The predicted octanol–water partition coefficient (Wildman–Crippen LogP) is 9.27. The number of nitriles is 1. The topological polar surface area (TPSA) is 169 Å². The molecule has 1 saturated heterocycles. The monoisotopic (exact) mass is 928 g/mol. The molecule has 340 valence electrons. The van der Waals surface area contributed by atoms with Crippen LogP contribution in [0.2, 0.25) is 5.02 Å². The second kappa shape index (κ2) is 16.3. The van der Waals surface area contributed by atoms with E-state index in [0.29, 0.717) is 57.3 Å². The Morgan fingerprint density at radius 3 is 2.42 bits per heavy atom. The summed E-state index contributed by atoms with van der Waals surface area (Å²) >= 11 is 7.91. The Hall–Kier alpha value is -6.18. The molecule has 2 aliphatic heterocycles. The van der Waals surface area contributed by atoms with Crippen molar-refractivity contribution in [3.8, 4) is 22.6 Å². The maximum absolute atomic E-state index is 16.1. The number of thiophene rings is 1. The summed E-state index contributed by atoms with van der Waals surface area (Å²) in [5.74, 6) is 2.69. The lowest BCUT2D eigenvalue weighted by molar-refractivity contribution is -0.164. The number of carbonyl (C=O) groups excluding carboxylic acids is 1. The van der Waals surface area contributed by atoms with E-state index in [2.05, 4.69) is 87.5 Å². The van der Waals surface area contributed by atoms with Gasteiger partial charge in [-0.25, -0.2) is 19.3 Å². The molecule has 3 fully saturated rings. The van der Waals surface area contributed by atoms with E-state index in [9.17, 15) is 10.1 Å². The van der Waals surface area contributed by atoms with Crippen molar-refractivity contribution >= 4 is 40.5 Å². The molecule has 2 aliphatic carbocycles. The van der Waals surface area contributed by atoms with Crippen molar-refractivity contribution in [1.82, 2.24) is 35.0 Å². The molecule has 17 heteroatoms. The number of aryl methyl sites for hydroxylation is 2. The van der Waals surface area contributed by atoms with E-state index in [1.54, 1.807) is 60.5 Å². The van der Waals surface area contributed by atoms with Gasteiger partial charge in [-0.05, 0) is 87.8 Å². The van der Waals surface area contributed by atoms with Crippen LogP contribution in [0.15, 0.2) is 70.7 Å². The van der Waals surface area contributed by atoms with Crippen LogP contribution in [-0.2, 0) is 6.42 Å². The fourth-order valence-corrected chi connectivity index (χ4v) is 12.4. The lowest BCUT2D eigenvalue weighted by Crippen LogP contribution is -2.74. The Bertz CT molecular complexity index is 2910. The number of nitrogens with zero attached hydrogens (tertiary/aromatic N) is 9. The lowest BCUT2D eigenvalue weighted by Gasteiger charge is -2.63. The second-order valence-electron chi connectivity index (χ2n) is 19.4. The van der Waals surface area contributed by atoms with Gasteiger partial charge in [0, 0.05) is 64.4 Å². The van der Waals surface area contributed by atoms with Crippen molar-refractivity contribution in [3.63, 3.8) is 0 Å². The van der Waals surface area contributed by atoms with Gasteiger partial charge in [-0.2, -0.15) is 5.26 Å². The number of aromatic nitrogens is 6. The van der Waals surface area contributed by atoms with Crippen molar-refractivity contribution in [2.24, 2.45) is 21.2 Å². The normalized spacial score (nSPS) is 21.4. The molecule has 4 aromatic heterocycles. The number of amides is 1. The summed E-state index contributed by atoms with van der Waals surface area (Å²) < 4.78 is 36.5. The number of piperidine rings is 1. The summed E-state index contributed by atoms with van der Waals surface area (Å²) in [5.41, 5.74) is 3.44. The van der Waals surface area contributed by atoms with E-state index >= 15 is 4.39 Å². The summed E-state index contributed by atoms with van der Waals surface area (Å²) in [6.07, 6.45) is 9.96. The van der Waals surface area contributed by atoms with Crippen LogP contribution in [-0.4, -0.2) is 72.7 Å². The number of hydrogen-bond donors (Lipinski definition) is 1. The zero-order valence-corrected chi connectivity index (χ0v) is 39.4. The number of fused-ring (bicyclic) bond motifs is 3. The summed E-state index contributed by atoms with van der Waals surface area (Å²) in [6, 6.07) is 11.6. The van der Waals surface area contributed by atoms with Gasteiger partial charge in [-0.15, -0.1) is 21.5 Å². The average molecular weight is 930 g/mol. The first kappa shape index (κ1) is 43.7. The molecule has 4 aliphatic rings. The van der Waals surface area contributed by atoms with E-state index in [1.807, 2.05) is 13.0 Å². The molecule has 66 heavy (non-hydrogen) atoms. The van der Waals surface area contributed by atoms with Crippen molar-refractivity contribution in [1.29, 1.82) is 5.26 Å². The highest BCUT2D eigenvalue weighted by molar-refractivity contribution is 7.15. The van der Waals surface area contributed by atoms with Gasteiger partial charge in [0.2, 0.25) is 5.95 Å². The quantitative estimate of drug-likeness (QED) is 0.139. The smallest absolute Gasteiger partial charge is 0.254 e. The number of oxazole rings is 1. The highest BCUT2D eigenvalue weighted by atomic mass is 35.5. The zero-order chi connectivity index (χ0) is 46.3. The average Bonchev–Trinajstić information content (AvgIpc) is 4.00. The van der Waals surface area contributed by atoms with Gasteiger partial charge < -0.3 is 24.1 Å². The molecule has 0 unspecified atom stereocenters. The minimum atomic E-state index is -0.453. The van der Waals surface area contributed by atoms with Crippen molar-refractivity contribution in [2.75, 3.05) is 18.0 Å². The number of anilines is 1. The molecule has 0 radical (unpaired) electrons. The number of nitrogens with one attached hydrogen (secondary N) is 1. The zero-order valence-electron chi connectivity index (χ0n) is 37.9. The molecular weight excluding hydrogens is 879 g/mol. The molecule has 6 heterocycles. The lowest BCUT2D eigenvalue weighted by atomic mass is 9.49. The van der Waals surface area contributed by atoms with Crippen molar-refractivity contribution in [2.45, 2.75) is 105 Å². The number of carbonyl (C=O) groups is 1. The van der Waals surface area contributed by atoms with E-state index in [4.69, 9.17) is 30.5 Å². The molecule has 10 rings (SSSR count). The Kier molecular flexibility index (Phi) is 10.8. The highest BCUT2D eigenvalue weighted by Crippen LogP contribution is 2.56. The van der Waals surface area contributed by atoms with E-state index in [1.165, 1.54) is 6.07 Å². The van der Waals surface area contributed by atoms with Gasteiger partial charge in [-0.1, -0.05) is 39.3 Å². The Morgan fingerprint density at radius 2 is 1.76 bits per heavy atom. The standard InChI is InChI=1S/C49H50ClFN10O4S/c1-26-27(2)66-43-39(26)40(56-36(20-38-53-14-17-63-38)41-59-58-28(3)61(41)43)29-9-11-37(35(51)18-29)64-33-21-49(22-33)12-15-60(16-13-49)46-54-24-31(25-55-46)42(62)57-44-47(4,5)45(48(44,6)7)65-32-10-8-30(23-52)34(50)19-32/h8-11,14,17-19,24-25,33,36,44-45H,12-13,15-16,20-22H2,1-7H3,(H,57,62)/t36-,44?,45?/m0/s1. The van der Waals surface area contributed by atoms with Gasteiger partial charge in [0.15, 0.2) is 23.3 Å². The Balaban J connectivity index is 0.750. The minimum absolute atomic E-state index is 0.0888. The molecule has 1 spiro atoms. The van der Waals surface area contributed by atoms with Crippen LogP contribution in [0.3, 0.4) is 0 Å². The third-order valence-electron chi connectivity index (χ3n) is 14.3. The van der Waals surface area contributed by atoms with Crippen molar-refractivity contribution in [3.05, 3.63) is 122 Å². The SMILES string of the molecule is Cc1sc2c(c1C)C(c1ccc(OC3CC4(CCN(c5ncc(C(=O)NC6C(C)(C)C(Oc7ccc(C#N)c(Cl)c7)C6(C)C)cn5)CC4)C3)c(F)c1)=N[C@@H](Cc1ncco1)c1nnc(C)n1-2. The minimum Gasteiger partial charge on any atom is -0.489 e. The number of rotatable bonds is 10. The maximum atomic E-state index is 16.1. The van der Waals surface area contributed by atoms with Crippen LogP contribution < -0.4 is 19.7 Å². The van der Waals surface area contributed by atoms with E-state index in [-0.39, 0.29) is 35.3 Å². The molecule has 14 nitrogen and oxygen atoms in total. The fraction of sp³-hybridized carbons (Fsp3) is 0.429. The maximum Gasteiger partial charge on any atom is 0.254 e. The molecule has 0 bridgehead atoms. The van der Waals surface area contributed by atoms with Crippen LogP contribution in [0.5, 0.6) is 11.5 Å². The molecule has 6 aromatic rings. The van der Waals surface area contributed by atoms with Crippen LogP contribution in [0.25, 0.3) is 5.00 Å². The molecule has 2 saturated carbocycles. The summed E-state index contributed by atoms with van der Waals surface area (Å²) in [5, 5.41) is 22.7. The summed E-state index contributed by atoms with van der Waals surface area (Å²) in [7, 11) is 0. The van der Waals surface area contributed by atoms with Crippen molar-refractivity contribution < 1.29 is 23.1 Å². The van der Waals surface area contributed by atoms with Crippen LogP contribution in [0.1, 0.15) is 114 Å². The van der Waals surface area contributed by atoms with Crippen LogP contribution in [0.4, 0.5) is 10.3 Å². The van der Waals surface area contributed by atoms with Gasteiger partial charge in [0.05, 0.1) is 40.6 Å². The number of ether oxygens (including phenoxy) is 2. The molecular formula is C49H50ClFN10O4S. The third-order valence-corrected chi connectivity index (χ3v) is 15.9. The van der Waals surface area contributed by atoms with Crippen LogP contribution in [0, 0.1) is 54.2 Å². The second-order valence-corrected chi connectivity index (χ2v) is 21.0. The Labute approximate surface area is 391 Å². The van der Waals surface area contributed by atoms with E-state index in [0.717, 1.165) is 65.6 Å². The summed E-state index contributed by atoms with van der Waals surface area (Å²) in [4.78, 5) is 35.6. The number of aliphatic imine (C=N–C) groups is 1. The van der Waals surface area contributed by atoms with E-state index < -0.39 is 22.7 Å². The highest BCUT2D eigenvalue weighted by Gasteiger charge is 2.64. The molecule has 2 aromatic carbocycles. The molecule has 1 amide bonds. The number of hydrogen-bond acceptors (Lipinski definition) is 13. The third kappa shape index (κ3) is 7.49. The fourth-order valence-electron chi connectivity index (χ4n) is 11.0. The molecule has 1 N–H and O–H groups in total. The largest absolute Gasteiger partial charge is 0.489 e. The van der Waals surface area contributed by atoms with Gasteiger partial charge >= 0.3 is 0 Å². The first-order valence-corrected chi connectivity index (χ1v) is 23.4. The van der Waals surface area contributed by atoms with Gasteiger partial charge in [0.1, 0.15) is 41.1 Å². The summed E-state index contributed by atoms with van der Waals surface area (Å²) in [6.45, 7) is 15.9. The molecule has 1 atom stereocenters. The number of benzene rings is 2. The van der Waals surface area contributed by atoms with Crippen LogP contribution >= 0.6 is 22.9 Å². The first-order chi connectivity index (χ1) is 31.5. The van der Waals surface area contributed by atoms with Gasteiger partial charge in [0.25, 0.3) is 5.91 Å². The first-order valence-electron chi connectivity index (χ1n) is 22.2. The van der Waals surface area contributed by atoms with Gasteiger partial charge in [-0.3, -0.25) is 14.4 Å². The predicted molar refractivity (Wildman–Crippen MR) is 247 cm³/mol. The number of halogens is 2.